The molecule has 1 amide bonds. The third-order valence-corrected chi connectivity index (χ3v) is 4.27. The van der Waals surface area contributed by atoms with E-state index in [9.17, 15) is 4.79 Å². The highest BCUT2D eigenvalue weighted by Gasteiger charge is 2.24. The van der Waals surface area contributed by atoms with Crippen molar-refractivity contribution in [1.82, 2.24) is 25.2 Å². The SMILES string of the molecule is COc1ccccc1-n1cc(C(=O)NCc2noc([C@@H]3CCCO3)n2)cn1. The third kappa shape index (κ3) is 3.68. The highest BCUT2D eigenvalue weighted by atomic mass is 16.5. The van der Waals surface area contributed by atoms with Gasteiger partial charge in [0.2, 0.25) is 0 Å². The molecule has 1 fully saturated rings. The number of carbonyl (C=O) groups is 1. The fraction of sp³-hybridized carbons (Fsp3) is 0.333. The predicted molar refractivity (Wildman–Crippen MR) is 93.5 cm³/mol. The van der Waals surface area contributed by atoms with Gasteiger partial charge in [-0.2, -0.15) is 10.1 Å². The van der Waals surface area contributed by atoms with Crippen LogP contribution in [-0.2, 0) is 11.3 Å². The van der Waals surface area contributed by atoms with Gasteiger partial charge in [-0.1, -0.05) is 17.3 Å². The van der Waals surface area contributed by atoms with Crippen molar-refractivity contribution in [2.75, 3.05) is 13.7 Å². The van der Waals surface area contributed by atoms with Crippen LogP contribution in [0.15, 0.2) is 41.2 Å². The van der Waals surface area contributed by atoms with Crippen molar-refractivity contribution in [2.45, 2.75) is 25.5 Å². The Bertz CT molecular complexity index is 929. The summed E-state index contributed by atoms with van der Waals surface area (Å²) in [6.07, 6.45) is 4.85. The van der Waals surface area contributed by atoms with E-state index in [0.717, 1.165) is 18.5 Å². The number of amides is 1. The standard InChI is InChI=1S/C18H19N5O4/c1-25-14-6-3-2-5-13(14)23-11-12(9-20-23)17(24)19-10-16-21-18(27-22-16)15-7-4-8-26-15/h2-3,5-6,9,11,15H,4,7-8,10H2,1H3,(H,19,24)/t15-/m0/s1. The number of nitrogens with zero attached hydrogens (tertiary/aromatic N) is 4. The molecule has 1 N–H and O–H groups in total. The van der Waals surface area contributed by atoms with Crippen molar-refractivity contribution in [3.8, 4) is 11.4 Å². The number of methoxy groups -OCH3 is 1. The van der Waals surface area contributed by atoms with Crippen LogP contribution < -0.4 is 10.1 Å². The largest absolute Gasteiger partial charge is 0.494 e. The van der Waals surface area contributed by atoms with Gasteiger partial charge in [0.15, 0.2) is 5.82 Å². The van der Waals surface area contributed by atoms with Crippen molar-refractivity contribution < 1.29 is 18.8 Å². The zero-order valence-electron chi connectivity index (χ0n) is 14.8. The first-order valence-electron chi connectivity index (χ1n) is 8.65. The molecule has 4 rings (SSSR count). The monoisotopic (exact) mass is 369 g/mol. The fourth-order valence-corrected chi connectivity index (χ4v) is 2.89. The quantitative estimate of drug-likeness (QED) is 0.709. The van der Waals surface area contributed by atoms with E-state index in [-0.39, 0.29) is 18.6 Å². The molecule has 9 heteroatoms. The lowest BCUT2D eigenvalue weighted by molar-refractivity contribution is 0.0835. The van der Waals surface area contributed by atoms with Crippen LogP contribution >= 0.6 is 0 Å². The fourth-order valence-electron chi connectivity index (χ4n) is 2.89. The first-order valence-corrected chi connectivity index (χ1v) is 8.65. The Morgan fingerprint density at radius 3 is 3.11 bits per heavy atom. The summed E-state index contributed by atoms with van der Waals surface area (Å²) in [5, 5.41) is 10.9. The lowest BCUT2D eigenvalue weighted by Crippen LogP contribution is -2.23. The van der Waals surface area contributed by atoms with Gasteiger partial charge in [-0.15, -0.1) is 0 Å². The molecule has 0 unspecified atom stereocenters. The zero-order chi connectivity index (χ0) is 18.6. The predicted octanol–water partition coefficient (Wildman–Crippen LogP) is 2.05. The van der Waals surface area contributed by atoms with E-state index in [1.54, 1.807) is 18.0 Å². The second-order valence-corrected chi connectivity index (χ2v) is 6.08. The minimum Gasteiger partial charge on any atom is -0.494 e. The Hall–Kier alpha value is -3.20. The lowest BCUT2D eigenvalue weighted by Gasteiger charge is -2.07. The maximum absolute atomic E-state index is 12.4. The normalized spacial score (nSPS) is 16.4. The summed E-state index contributed by atoms with van der Waals surface area (Å²) in [5.74, 6) is 1.26. The number of hydrogen-bond donors (Lipinski definition) is 1. The number of benzene rings is 1. The molecule has 1 saturated heterocycles. The van der Waals surface area contributed by atoms with Gasteiger partial charge in [-0.25, -0.2) is 4.68 Å². The smallest absolute Gasteiger partial charge is 0.255 e. The molecule has 1 aliphatic rings. The Balaban J connectivity index is 1.40. The number of hydrogen-bond acceptors (Lipinski definition) is 7. The molecule has 0 bridgehead atoms. The van der Waals surface area contributed by atoms with Crippen LogP contribution in [0.25, 0.3) is 5.69 Å². The molecular formula is C18H19N5O4. The number of rotatable bonds is 6. The molecule has 0 spiro atoms. The maximum Gasteiger partial charge on any atom is 0.255 e. The van der Waals surface area contributed by atoms with E-state index in [1.165, 1.54) is 6.20 Å². The Kier molecular flexibility index (Phi) is 4.84. The first kappa shape index (κ1) is 17.2. The summed E-state index contributed by atoms with van der Waals surface area (Å²) in [6.45, 7) is 0.865. The van der Waals surface area contributed by atoms with Crippen LogP contribution in [-0.4, -0.2) is 39.5 Å². The molecule has 0 aliphatic carbocycles. The molecule has 1 atom stereocenters. The van der Waals surface area contributed by atoms with Crippen molar-refractivity contribution in [1.29, 1.82) is 0 Å². The van der Waals surface area contributed by atoms with Gasteiger partial charge in [0.1, 0.15) is 17.5 Å². The average Bonchev–Trinajstić information content (AvgIpc) is 3.47. The molecular weight excluding hydrogens is 350 g/mol. The molecule has 3 heterocycles. The summed E-state index contributed by atoms with van der Waals surface area (Å²) >= 11 is 0. The van der Waals surface area contributed by atoms with E-state index in [0.29, 0.717) is 29.6 Å². The molecule has 2 aromatic heterocycles. The second-order valence-electron chi connectivity index (χ2n) is 6.08. The number of nitrogens with one attached hydrogen (secondary N) is 1. The van der Waals surface area contributed by atoms with Gasteiger partial charge >= 0.3 is 0 Å². The van der Waals surface area contributed by atoms with Crippen molar-refractivity contribution in [3.63, 3.8) is 0 Å². The van der Waals surface area contributed by atoms with Crippen LogP contribution in [0, 0.1) is 0 Å². The zero-order valence-corrected chi connectivity index (χ0v) is 14.8. The molecule has 1 aromatic carbocycles. The highest BCUT2D eigenvalue weighted by Crippen LogP contribution is 2.26. The van der Waals surface area contributed by atoms with E-state index in [1.807, 2.05) is 24.3 Å². The van der Waals surface area contributed by atoms with E-state index >= 15 is 0 Å². The minimum absolute atomic E-state index is 0.138. The van der Waals surface area contributed by atoms with Crippen LogP contribution in [0.5, 0.6) is 5.75 Å². The van der Waals surface area contributed by atoms with Crippen LogP contribution in [0.4, 0.5) is 0 Å². The Morgan fingerprint density at radius 2 is 2.30 bits per heavy atom. The molecule has 9 nitrogen and oxygen atoms in total. The minimum atomic E-state index is -0.278. The summed E-state index contributed by atoms with van der Waals surface area (Å²) in [4.78, 5) is 16.7. The van der Waals surface area contributed by atoms with E-state index in [2.05, 4.69) is 20.6 Å². The molecule has 140 valence electrons. The topological polar surface area (TPSA) is 104 Å². The maximum atomic E-state index is 12.4. The van der Waals surface area contributed by atoms with Crippen molar-refractivity contribution >= 4 is 5.91 Å². The Labute approximate surface area is 155 Å². The van der Waals surface area contributed by atoms with Gasteiger partial charge in [0.05, 0.1) is 25.4 Å². The molecule has 1 aliphatic heterocycles. The molecule has 27 heavy (non-hydrogen) atoms. The van der Waals surface area contributed by atoms with Gasteiger partial charge in [0, 0.05) is 12.8 Å². The summed E-state index contributed by atoms with van der Waals surface area (Å²) in [5.41, 5.74) is 1.17. The summed E-state index contributed by atoms with van der Waals surface area (Å²) in [6, 6.07) is 7.44. The van der Waals surface area contributed by atoms with Crippen LogP contribution in [0.2, 0.25) is 0 Å². The molecule has 0 radical (unpaired) electrons. The molecule has 3 aromatic rings. The van der Waals surface area contributed by atoms with Crippen molar-refractivity contribution in [3.05, 3.63) is 53.9 Å². The van der Waals surface area contributed by atoms with E-state index < -0.39 is 0 Å². The number of ether oxygens (including phenoxy) is 2. The van der Waals surface area contributed by atoms with Gasteiger partial charge in [0.25, 0.3) is 11.8 Å². The summed E-state index contributed by atoms with van der Waals surface area (Å²) < 4.78 is 17.6. The molecule has 0 saturated carbocycles. The number of carbonyl (C=O) groups excluding carboxylic acids is 1. The van der Waals surface area contributed by atoms with Gasteiger partial charge in [-0.05, 0) is 25.0 Å². The Morgan fingerprint density at radius 1 is 1.41 bits per heavy atom. The number of para-hydroxylation sites is 2. The average molecular weight is 369 g/mol. The summed E-state index contributed by atoms with van der Waals surface area (Å²) in [7, 11) is 1.59. The highest BCUT2D eigenvalue weighted by molar-refractivity contribution is 5.93. The van der Waals surface area contributed by atoms with Crippen LogP contribution in [0.1, 0.15) is 41.0 Å². The lowest BCUT2D eigenvalue weighted by atomic mass is 10.2. The van der Waals surface area contributed by atoms with Gasteiger partial charge in [-0.3, -0.25) is 4.79 Å². The van der Waals surface area contributed by atoms with Gasteiger partial charge < -0.3 is 19.3 Å². The van der Waals surface area contributed by atoms with E-state index in [4.69, 9.17) is 14.0 Å². The first-order chi connectivity index (χ1) is 13.2. The second kappa shape index (κ2) is 7.58. The number of aromatic nitrogens is 4. The third-order valence-electron chi connectivity index (χ3n) is 4.27. The van der Waals surface area contributed by atoms with Crippen molar-refractivity contribution in [2.24, 2.45) is 0 Å². The van der Waals surface area contributed by atoms with Crippen LogP contribution in [0.3, 0.4) is 0 Å².